The van der Waals surface area contributed by atoms with Crippen molar-refractivity contribution in [1.82, 2.24) is 19.4 Å². The van der Waals surface area contributed by atoms with Crippen molar-refractivity contribution in [1.29, 1.82) is 0 Å². The van der Waals surface area contributed by atoms with E-state index in [0.29, 0.717) is 13.1 Å². The van der Waals surface area contributed by atoms with E-state index < -0.39 is 0 Å². The first-order valence-electron chi connectivity index (χ1n) is 10.9. The summed E-state index contributed by atoms with van der Waals surface area (Å²) in [5.41, 5.74) is 2.02. The van der Waals surface area contributed by atoms with Crippen molar-refractivity contribution in [2.24, 2.45) is 11.8 Å². The van der Waals surface area contributed by atoms with Crippen LogP contribution in [0.15, 0.2) is 47.5 Å². The molecule has 2 aromatic rings. The minimum absolute atomic E-state index is 0.0126. The summed E-state index contributed by atoms with van der Waals surface area (Å²) in [6, 6.07) is 8.89. The zero-order valence-electron chi connectivity index (χ0n) is 17.1. The van der Waals surface area contributed by atoms with E-state index in [-0.39, 0.29) is 42.0 Å². The van der Waals surface area contributed by atoms with Crippen LogP contribution in [-0.2, 0) is 17.9 Å². The molecule has 3 aliphatic rings. The lowest BCUT2D eigenvalue weighted by Crippen LogP contribution is -2.51. The average molecular weight is 409 g/mol. The molecule has 0 unspecified atom stereocenters. The fourth-order valence-corrected chi connectivity index (χ4v) is 5.72. The van der Waals surface area contributed by atoms with E-state index in [0.717, 1.165) is 37.2 Å². The zero-order chi connectivity index (χ0) is 20.7. The van der Waals surface area contributed by atoms with Gasteiger partial charge in [0, 0.05) is 68.8 Å². The lowest BCUT2D eigenvalue weighted by Gasteiger charge is -2.36. The molecule has 1 amide bonds. The number of rotatable bonds is 4. The number of pyridine rings is 2. The average Bonchev–Trinajstić information content (AvgIpc) is 3.30. The number of aromatic nitrogens is 2. The van der Waals surface area contributed by atoms with Crippen LogP contribution in [-0.4, -0.2) is 56.1 Å². The molecule has 0 saturated carbocycles. The summed E-state index contributed by atoms with van der Waals surface area (Å²) in [5.74, 6) is -0.0155. The third-order valence-electron chi connectivity index (χ3n) is 7.10. The highest BCUT2D eigenvalue weighted by atomic mass is 16.3. The van der Waals surface area contributed by atoms with Gasteiger partial charge in [0.2, 0.25) is 5.91 Å². The monoisotopic (exact) mass is 408 g/mol. The molecule has 7 nitrogen and oxygen atoms in total. The van der Waals surface area contributed by atoms with Crippen LogP contribution in [0.25, 0.3) is 0 Å². The number of aliphatic hydroxyl groups is 1. The molecule has 0 radical (unpaired) electrons. The molecular weight excluding hydrogens is 380 g/mol. The topological polar surface area (TPSA) is 78.7 Å². The largest absolute Gasteiger partial charge is 0.396 e. The van der Waals surface area contributed by atoms with E-state index >= 15 is 0 Å². The predicted molar refractivity (Wildman–Crippen MR) is 112 cm³/mol. The highest BCUT2D eigenvalue weighted by Crippen LogP contribution is 2.50. The van der Waals surface area contributed by atoms with Gasteiger partial charge in [-0.3, -0.25) is 19.5 Å². The minimum Gasteiger partial charge on any atom is -0.396 e. The molecular formula is C23H28N4O3. The maximum absolute atomic E-state index is 13.7. The minimum atomic E-state index is -0.375. The van der Waals surface area contributed by atoms with Crippen LogP contribution in [0.3, 0.4) is 0 Å². The number of carbonyl (C=O) groups is 1. The maximum atomic E-state index is 13.7. The smallest absolute Gasteiger partial charge is 0.250 e. The molecule has 0 bridgehead atoms. The first-order valence-corrected chi connectivity index (χ1v) is 10.9. The Kier molecular flexibility index (Phi) is 5.16. The van der Waals surface area contributed by atoms with Gasteiger partial charge in [0.25, 0.3) is 5.56 Å². The van der Waals surface area contributed by atoms with E-state index in [4.69, 9.17) is 0 Å². The molecule has 5 rings (SSSR count). The van der Waals surface area contributed by atoms with Crippen LogP contribution < -0.4 is 5.56 Å². The van der Waals surface area contributed by atoms with Crippen LogP contribution in [0.2, 0.25) is 0 Å². The molecule has 7 heteroatoms. The van der Waals surface area contributed by atoms with Gasteiger partial charge in [0.05, 0.1) is 12.1 Å². The van der Waals surface area contributed by atoms with Crippen molar-refractivity contribution in [2.45, 2.75) is 44.4 Å². The summed E-state index contributed by atoms with van der Waals surface area (Å²) in [6.45, 7) is 2.68. The summed E-state index contributed by atoms with van der Waals surface area (Å²) in [5, 5.41) is 10.4. The van der Waals surface area contributed by atoms with E-state index in [9.17, 15) is 14.7 Å². The number of fused-ring (bicyclic) bond motifs is 3. The van der Waals surface area contributed by atoms with Crippen molar-refractivity contribution in [3.05, 3.63) is 64.3 Å². The highest BCUT2D eigenvalue weighted by Gasteiger charge is 2.56. The number of hydrogen-bond donors (Lipinski definition) is 1. The zero-order valence-corrected chi connectivity index (χ0v) is 17.1. The summed E-state index contributed by atoms with van der Waals surface area (Å²) >= 11 is 0. The Balaban J connectivity index is 1.56. The molecule has 0 aliphatic carbocycles. The van der Waals surface area contributed by atoms with Crippen molar-refractivity contribution >= 4 is 5.91 Å². The summed E-state index contributed by atoms with van der Waals surface area (Å²) in [4.78, 5) is 34.5. The predicted octanol–water partition coefficient (Wildman–Crippen LogP) is 1.42. The molecule has 2 saturated heterocycles. The summed E-state index contributed by atoms with van der Waals surface area (Å²) in [7, 11) is 0. The maximum Gasteiger partial charge on any atom is 0.250 e. The van der Waals surface area contributed by atoms with E-state index in [2.05, 4.69) is 9.88 Å². The van der Waals surface area contributed by atoms with Gasteiger partial charge in [-0.1, -0.05) is 6.07 Å². The Labute approximate surface area is 176 Å². The molecule has 30 heavy (non-hydrogen) atoms. The van der Waals surface area contributed by atoms with E-state index in [1.54, 1.807) is 24.5 Å². The second kappa shape index (κ2) is 7.96. The standard InChI is InChI=1S/C23H28N4O3/c28-15-18-17-14-26-19(5-4-6-20(26)29)21(17)27(13-16-7-9-24-10-8-16)22(18)23(30)25-11-2-1-3-12-25/h4-10,17-18,21-22,28H,1-3,11-15H2/t17-,18-,21+,22-/m1/s1. The number of hydrogen-bond acceptors (Lipinski definition) is 5. The normalized spacial score (nSPS) is 28.4. The quantitative estimate of drug-likeness (QED) is 0.828. The molecule has 0 spiro atoms. The molecule has 4 atom stereocenters. The van der Waals surface area contributed by atoms with Crippen LogP contribution in [0.4, 0.5) is 0 Å². The lowest BCUT2D eigenvalue weighted by atomic mass is 9.88. The molecule has 1 N–H and O–H groups in total. The Bertz CT molecular complexity index is 970. The Morgan fingerprint density at radius 1 is 1.10 bits per heavy atom. The second-order valence-corrected chi connectivity index (χ2v) is 8.71. The molecule has 5 heterocycles. The van der Waals surface area contributed by atoms with Gasteiger partial charge < -0.3 is 14.6 Å². The van der Waals surface area contributed by atoms with Crippen molar-refractivity contribution in [3.63, 3.8) is 0 Å². The fraction of sp³-hybridized carbons (Fsp3) is 0.522. The van der Waals surface area contributed by atoms with Crippen molar-refractivity contribution in [2.75, 3.05) is 19.7 Å². The molecule has 158 valence electrons. The molecule has 0 aromatic carbocycles. The summed E-state index contributed by atoms with van der Waals surface area (Å²) in [6.07, 6.45) is 6.78. The van der Waals surface area contributed by atoms with Gasteiger partial charge >= 0.3 is 0 Å². The van der Waals surface area contributed by atoms with Crippen LogP contribution in [0.1, 0.15) is 36.6 Å². The van der Waals surface area contributed by atoms with E-state index in [1.165, 1.54) is 6.42 Å². The third-order valence-corrected chi connectivity index (χ3v) is 7.10. The van der Waals surface area contributed by atoms with Gasteiger partial charge in [0.1, 0.15) is 0 Å². The first kappa shape index (κ1) is 19.5. The number of piperidine rings is 1. The van der Waals surface area contributed by atoms with Gasteiger partial charge in [-0.2, -0.15) is 0 Å². The number of likely N-dealkylation sites (tertiary alicyclic amines) is 2. The number of carbonyl (C=O) groups excluding carboxylic acids is 1. The van der Waals surface area contributed by atoms with Gasteiger partial charge in [-0.15, -0.1) is 0 Å². The van der Waals surface area contributed by atoms with Gasteiger partial charge in [0.15, 0.2) is 0 Å². The molecule has 2 aromatic heterocycles. The van der Waals surface area contributed by atoms with Crippen LogP contribution >= 0.6 is 0 Å². The number of aliphatic hydroxyl groups excluding tert-OH is 1. The lowest BCUT2D eigenvalue weighted by molar-refractivity contribution is -0.139. The molecule has 3 aliphatic heterocycles. The summed E-state index contributed by atoms with van der Waals surface area (Å²) < 4.78 is 1.82. The Hall–Kier alpha value is -2.51. The third kappa shape index (κ3) is 3.17. The SMILES string of the molecule is O=C([C@H]1[C@H](CO)[C@H]2Cn3c(cccc3=O)[C@H]2N1Cc1ccncc1)N1CCCCC1. The van der Waals surface area contributed by atoms with E-state index in [1.807, 2.05) is 27.7 Å². The van der Waals surface area contributed by atoms with Gasteiger partial charge in [-0.25, -0.2) is 0 Å². The van der Waals surface area contributed by atoms with Gasteiger partial charge in [-0.05, 0) is 43.0 Å². The Morgan fingerprint density at radius 3 is 2.60 bits per heavy atom. The van der Waals surface area contributed by atoms with Crippen molar-refractivity contribution < 1.29 is 9.90 Å². The number of amides is 1. The fourth-order valence-electron chi connectivity index (χ4n) is 5.72. The number of nitrogens with zero attached hydrogens (tertiary/aromatic N) is 4. The first-order chi connectivity index (χ1) is 14.7. The van der Waals surface area contributed by atoms with Crippen LogP contribution in [0, 0.1) is 11.8 Å². The van der Waals surface area contributed by atoms with Crippen LogP contribution in [0.5, 0.6) is 0 Å². The highest BCUT2D eigenvalue weighted by molar-refractivity contribution is 5.83. The Morgan fingerprint density at radius 2 is 1.87 bits per heavy atom. The van der Waals surface area contributed by atoms with Crippen molar-refractivity contribution in [3.8, 4) is 0 Å². The molecule has 2 fully saturated rings. The second-order valence-electron chi connectivity index (χ2n) is 8.71.